The maximum Gasteiger partial charge on any atom is 0.0702 e. The quantitative estimate of drug-likeness (QED) is 0.456. The molecule has 1 unspecified atom stereocenters. The molecule has 2 aromatic rings. The molecule has 19 heavy (non-hydrogen) atoms. The third-order valence-corrected chi connectivity index (χ3v) is 3.22. The predicted molar refractivity (Wildman–Crippen MR) is 77.5 cm³/mol. The van der Waals surface area contributed by atoms with Crippen LogP contribution in [0.5, 0.6) is 0 Å². The molecule has 0 aliphatic carbocycles. The van der Waals surface area contributed by atoms with Crippen molar-refractivity contribution in [1.82, 2.24) is 10.4 Å². The highest BCUT2D eigenvalue weighted by molar-refractivity contribution is 5.79. The van der Waals surface area contributed by atoms with Crippen LogP contribution in [0, 0.1) is 0 Å². The first-order chi connectivity index (χ1) is 9.35. The molecule has 1 aromatic carbocycles. The highest BCUT2D eigenvalue weighted by atomic mass is 16.5. The van der Waals surface area contributed by atoms with E-state index in [1.54, 1.807) is 0 Å². The number of hydrogen-bond donors (Lipinski definition) is 2. The van der Waals surface area contributed by atoms with E-state index in [2.05, 4.69) is 28.6 Å². The molecule has 0 fully saturated rings. The molecule has 0 bridgehead atoms. The lowest BCUT2D eigenvalue weighted by molar-refractivity contribution is 0.141. The molecule has 0 saturated heterocycles. The van der Waals surface area contributed by atoms with Gasteiger partial charge < -0.3 is 4.74 Å². The minimum atomic E-state index is 0.157. The average Bonchev–Trinajstić information content (AvgIpc) is 2.47. The third-order valence-electron chi connectivity index (χ3n) is 3.22. The van der Waals surface area contributed by atoms with Crippen molar-refractivity contribution in [3.63, 3.8) is 0 Å². The summed E-state index contributed by atoms with van der Waals surface area (Å²) in [6.07, 6.45) is 3.76. The molecular formula is C15H21N3O. The summed E-state index contributed by atoms with van der Waals surface area (Å²) in [5.41, 5.74) is 5.09. The van der Waals surface area contributed by atoms with Crippen LogP contribution in [0.15, 0.2) is 36.5 Å². The molecule has 0 aliphatic heterocycles. The Morgan fingerprint density at radius 3 is 3.05 bits per heavy atom. The van der Waals surface area contributed by atoms with E-state index in [1.807, 2.05) is 25.3 Å². The van der Waals surface area contributed by atoms with Gasteiger partial charge in [0.1, 0.15) is 0 Å². The molecule has 2 rings (SSSR count). The predicted octanol–water partition coefficient (Wildman–Crippen LogP) is 2.56. The van der Waals surface area contributed by atoms with E-state index >= 15 is 0 Å². The van der Waals surface area contributed by atoms with Gasteiger partial charge in [0.25, 0.3) is 0 Å². The second-order valence-electron chi connectivity index (χ2n) is 4.51. The van der Waals surface area contributed by atoms with Gasteiger partial charge in [-0.25, -0.2) is 0 Å². The number of benzene rings is 1. The summed E-state index contributed by atoms with van der Waals surface area (Å²) >= 11 is 0. The van der Waals surface area contributed by atoms with E-state index in [0.29, 0.717) is 0 Å². The van der Waals surface area contributed by atoms with E-state index in [9.17, 15) is 0 Å². The smallest absolute Gasteiger partial charge is 0.0702 e. The molecule has 3 N–H and O–H groups in total. The Balaban J connectivity index is 2.07. The van der Waals surface area contributed by atoms with Gasteiger partial charge in [-0.1, -0.05) is 12.1 Å². The van der Waals surface area contributed by atoms with Crippen LogP contribution in [0.25, 0.3) is 10.9 Å². The molecule has 1 atom stereocenters. The van der Waals surface area contributed by atoms with Crippen molar-refractivity contribution < 1.29 is 4.74 Å². The van der Waals surface area contributed by atoms with Gasteiger partial charge in [0.2, 0.25) is 0 Å². The zero-order valence-corrected chi connectivity index (χ0v) is 11.3. The Bertz CT molecular complexity index is 515. The monoisotopic (exact) mass is 259 g/mol. The number of ether oxygens (including phenoxy) is 1. The minimum Gasteiger partial charge on any atom is -0.382 e. The molecule has 4 heteroatoms. The van der Waals surface area contributed by atoms with Crippen LogP contribution in [0.2, 0.25) is 0 Å². The second kappa shape index (κ2) is 7.19. The SMILES string of the molecule is CCOCCCC(NN)c1ccc2ncccc2c1. The third kappa shape index (κ3) is 3.73. The Labute approximate surface area is 113 Å². The molecule has 1 aromatic heterocycles. The molecule has 0 spiro atoms. The number of nitrogens with two attached hydrogens (primary N) is 1. The normalized spacial score (nSPS) is 12.7. The zero-order chi connectivity index (χ0) is 13.5. The van der Waals surface area contributed by atoms with Crippen LogP contribution >= 0.6 is 0 Å². The summed E-state index contributed by atoms with van der Waals surface area (Å²) in [5, 5.41) is 1.14. The van der Waals surface area contributed by atoms with Gasteiger partial charge in [-0.05, 0) is 43.5 Å². The molecular weight excluding hydrogens is 238 g/mol. The Hall–Kier alpha value is -1.49. The van der Waals surface area contributed by atoms with Crippen LogP contribution < -0.4 is 11.3 Å². The summed E-state index contributed by atoms with van der Waals surface area (Å²) < 4.78 is 5.36. The van der Waals surface area contributed by atoms with Crippen molar-refractivity contribution in [2.45, 2.75) is 25.8 Å². The van der Waals surface area contributed by atoms with E-state index < -0.39 is 0 Å². The van der Waals surface area contributed by atoms with Crippen molar-refractivity contribution >= 4 is 10.9 Å². The first-order valence-corrected chi connectivity index (χ1v) is 6.73. The van der Waals surface area contributed by atoms with E-state index in [4.69, 9.17) is 10.6 Å². The summed E-state index contributed by atoms with van der Waals surface area (Å²) in [7, 11) is 0. The Morgan fingerprint density at radius 1 is 1.37 bits per heavy atom. The van der Waals surface area contributed by atoms with E-state index in [-0.39, 0.29) is 6.04 Å². The fourth-order valence-electron chi connectivity index (χ4n) is 2.19. The molecule has 0 amide bonds. The number of fused-ring (bicyclic) bond motifs is 1. The van der Waals surface area contributed by atoms with Crippen LogP contribution in [0.4, 0.5) is 0 Å². The van der Waals surface area contributed by atoms with E-state index in [0.717, 1.165) is 37.0 Å². The molecule has 0 radical (unpaired) electrons. The first kappa shape index (κ1) is 13.9. The van der Waals surface area contributed by atoms with Crippen LogP contribution in [-0.4, -0.2) is 18.2 Å². The van der Waals surface area contributed by atoms with E-state index in [1.165, 1.54) is 5.56 Å². The second-order valence-corrected chi connectivity index (χ2v) is 4.51. The zero-order valence-electron chi connectivity index (χ0n) is 11.3. The lowest BCUT2D eigenvalue weighted by Gasteiger charge is -2.16. The topological polar surface area (TPSA) is 60.2 Å². The van der Waals surface area contributed by atoms with Gasteiger partial charge in [-0.15, -0.1) is 0 Å². The number of nitrogens with one attached hydrogen (secondary N) is 1. The Morgan fingerprint density at radius 2 is 2.26 bits per heavy atom. The fraction of sp³-hybridized carbons (Fsp3) is 0.400. The van der Waals surface area contributed by atoms with Gasteiger partial charge in [0.15, 0.2) is 0 Å². The largest absolute Gasteiger partial charge is 0.382 e. The van der Waals surface area contributed by atoms with Crippen LogP contribution in [0.1, 0.15) is 31.4 Å². The first-order valence-electron chi connectivity index (χ1n) is 6.73. The lowest BCUT2D eigenvalue weighted by Crippen LogP contribution is -2.28. The van der Waals surface area contributed by atoms with Crippen LogP contribution in [-0.2, 0) is 4.74 Å². The summed E-state index contributed by atoms with van der Waals surface area (Å²) in [4.78, 5) is 4.32. The molecule has 4 nitrogen and oxygen atoms in total. The highest BCUT2D eigenvalue weighted by Gasteiger charge is 2.10. The van der Waals surface area contributed by atoms with Gasteiger partial charge >= 0.3 is 0 Å². The molecule has 0 saturated carbocycles. The van der Waals surface area contributed by atoms with Crippen molar-refractivity contribution in [3.05, 3.63) is 42.1 Å². The number of hydrazine groups is 1. The van der Waals surface area contributed by atoms with Crippen molar-refractivity contribution in [2.24, 2.45) is 5.84 Å². The van der Waals surface area contributed by atoms with Crippen LogP contribution in [0.3, 0.4) is 0 Å². The standard InChI is InChI=1S/C15H21N3O/c1-2-19-10-4-6-15(18-16)13-7-8-14-12(11-13)5-3-9-17-14/h3,5,7-9,11,15,18H,2,4,6,10,16H2,1H3. The lowest BCUT2D eigenvalue weighted by atomic mass is 10.0. The molecule has 1 heterocycles. The van der Waals surface area contributed by atoms with Gasteiger partial charge in [0, 0.05) is 30.8 Å². The number of pyridine rings is 1. The average molecular weight is 259 g/mol. The van der Waals surface area contributed by atoms with Crippen molar-refractivity contribution in [3.8, 4) is 0 Å². The fourth-order valence-corrected chi connectivity index (χ4v) is 2.19. The number of hydrogen-bond acceptors (Lipinski definition) is 4. The van der Waals surface area contributed by atoms with Gasteiger partial charge in [0.05, 0.1) is 5.52 Å². The molecule has 102 valence electrons. The molecule has 0 aliphatic rings. The Kier molecular flexibility index (Phi) is 5.27. The summed E-state index contributed by atoms with van der Waals surface area (Å²) in [6, 6.07) is 10.4. The van der Waals surface area contributed by atoms with Crippen molar-refractivity contribution in [2.75, 3.05) is 13.2 Å². The van der Waals surface area contributed by atoms with Gasteiger partial charge in [-0.3, -0.25) is 16.3 Å². The summed E-state index contributed by atoms with van der Waals surface area (Å²) in [5.74, 6) is 5.66. The number of rotatable bonds is 7. The number of aromatic nitrogens is 1. The maximum atomic E-state index is 5.66. The highest BCUT2D eigenvalue weighted by Crippen LogP contribution is 2.21. The van der Waals surface area contributed by atoms with Gasteiger partial charge in [-0.2, -0.15) is 0 Å². The summed E-state index contributed by atoms with van der Waals surface area (Å²) in [6.45, 7) is 3.56. The minimum absolute atomic E-state index is 0.157. The van der Waals surface area contributed by atoms with Crippen molar-refractivity contribution in [1.29, 1.82) is 0 Å². The maximum absolute atomic E-state index is 5.66. The number of nitrogens with zero attached hydrogens (tertiary/aromatic N) is 1.